The van der Waals surface area contributed by atoms with Gasteiger partial charge in [0.2, 0.25) is 0 Å². The van der Waals surface area contributed by atoms with Gasteiger partial charge in [0.25, 0.3) is 0 Å². The number of halogens is 2. The summed E-state index contributed by atoms with van der Waals surface area (Å²) in [7, 11) is 0. The van der Waals surface area contributed by atoms with E-state index in [1.807, 2.05) is 0 Å². The number of carbonyl (C=O) groups excluding carboxylic acids is 2. The Kier molecular flexibility index (Phi) is 2.45. The maximum Gasteiger partial charge on any atom is 0.347 e. The zero-order valence-corrected chi connectivity index (χ0v) is 9.96. The summed E-state index contributed by atoms with van der Waals surface area (Å²) in [5, 5.41) is 0. The molecule has 0 N–H and O–H groups in total. The average molecular weight is 320 g/mol. The van der Waals surface area contributed by atoms with Crippen molar-refractivity contribution in [1.82, 2.24) is 0 Å². The van der Waals surface area contributed by atoms with E-state index in [0.717, 1.165) is 0 Å². The highest BCUT2D eigenvalue weighted by molar-refractivity contribution is 9.24. The normalized spacial score (nSPS) is 14.5. The summed E-state index contributed by atoms with van der Waals surface area (Å²) in [5.74, 6) is -1.16. The Balaban J connectivity index is 2.68. The summed E-state index contributed by atoms with van der Waals surface area (Å²) in [6, 6.07) is 5.05. The molecule has 0 radical (unpaired) electrons. The number of ether oxygens (including phenoxy) is 1. The Morgan fingerprint density at radius 3 is 2.50 bits per heavy atom. The highest BCUT2D eigenvalue weighted by atomic mass is 79.9. The zero-order chi connectivity index (χ0) is 10.3. The van der Waals surface area contributed by atoms with Crippen LogP contribution in [-0.4, -0.2) is 11.9 Å². The lowest BCUT2D eigenvalue weighted by atomic mass is 10.0. The maximum absolute atomic E-state index is 11.3. The Labute approximate surface area is 96.7 Å². The Bertz CT molecular complexity index is 426. The molecule has 0 bridgehead atoms. The molecule has 0 atom stereocenters. The van der Waals surface area contributed by atoms with Gasteiger partial charge in [-0.2, -0.15) is 0 Å². The standard InChI is InChI=1S/C9H4Br2O3/c10-7(11)4-2-1-3-5-6(4)9(13)14-8(5)12/h1-3,7H. The molecule has 3 nitrogen and oxygen atoms in total. The minimum Gasteiger partial charge on any atom is -0.386 e. The average Bonchev–Trinajstić information content (AvgIpc) is 2.43. The zero-order valence-electron chi connectivity index (χ0n) is 6.79. The van der Waals surface area contributed by atoms with Gasteiger partial charge in [0.1, 0.15) is 0 Å². The van der Waals surface area contributed by atoms with E-state index in [-0.39, 0.29) is 3.74 Å². The van der Waals surface area contributed by atoms with Gasteiger partial charge in [-0.25, -0.2) is 9.59 Å². The van der Waals surface area contributed by atoms with Crippen LogP contribution in [0.15, 0.2) is 18.2 Å². The molecule has 72 valence electrons. The summed E-state index contributed by atoms with van der Waals surface area (Å²) in [6.45, 7) is 0. The Hall–Kier alpha value is -0.680. The van der Waals surface area contributed by atoms with Gasteiger partial charge in [0.15, 0.2) is 0 Å². The smallest absolute Gasteiger partial charge is 0.347 e. The summed E-state index contributed by atoms with van der Waals surface area (Å²) in [5.41, 5.74) is 1.38. The molecule has 1 aromatic carbocycles. The lowest BCUT2D eigenvalue weighted by Crippen LogP contribution is -1.99. The van der Waals surface area contributed by atoms with E-state index in [2.05, 4.69) is 36.6 Å². The van der Waals surface area contributed by atoms with Crippen LogP contribution >= 0.6 is 31.9 Å². The maximum atomic E-state index is 11.3. The predicted molar refractivity (Wildman–Crippen MR) is 56.8 cm³/mol. The molecular weight excluding hydrogens is 316 g/mol. The Morgan fingerprint density at radius 2 is 1.86 bits per heavy atom. The fraction of sp³-hybridized carbons (Fsp3) is 0.111. The van der Waals surface area contributed by atoms with Crippen LogP contribution in [0.4, 0.5) is 0 Å². The largest absolute Gasteiger partial charge is 0.386 e. The lowest BCUT2D eigenvalue weighted by molar-refractivity contribution is 0.0443. The second kappa shape index (κ2) is 3.47. The van der Waals surface area contributed by atoms with Crippen molar-refractivity contribution in [2.75, 3.05) is 0 Å². The van der Waals surface area contributed by atoms with Crippen molar-refractivity contribution in [3.63, 3.8) is 0 Å². The van der Waals surface area contributed by atoms with Crippen LogP contribution in [0.1, 0.15) is 30.0 Å². The van der Waals surface area contributed by atoms with E-state index in [1.54, 1.807) is 18.2 Å². The number of fused-ring (bicyclic) bond motifs is 1. The number of hydrogen-bond donors (Lipinski definition) is 0. The molecule has 14 heavy (non-hydrogen) atoms. The first kappa shape index (κ1) is 9.86. The first-order chi connectivity index (χ1) is 6.61. The van der Waals surface area contributed by atoms with Crippen LogP contribution in [0.2, 0.25) is 0 Å². The summed E-state index contributed by atoms with van der Waals surface area (Å²) in [4.78, 5) is 22.5. The molecule has 5 heteroatoms. The monoisotopic (exact) mass is 318 g/mol. The number of cyclic esters (lactones) is 2. The molecule has 0 spiro atoms. The van der Waals surface area contributed by atoms with Crippen molar-refractivity contribution in [2.45, 2.75) is 3.74 Å². The van der Waals surface area contributed by atoms with Gasteiger partial charge in [0.05, 0.1) is 14.9 Å². The van der Waals surface area contributed by atoms with Crippen molar-refractivity contribution >= 4 is 43.8 Å². The van der Waals surface area contributed by atoms with Gasteiger partial charge in [-0.15, -0.1) is 0 Å². The molecule has 0 unspecified atom stereocenters. The van der Waals surface area contributed by atoms with E-state index in [0.29, 0.717) is 16.7 Å². The van der Waals surface area contributed by atoms with Crippen molar-refractivity contribution < 1.29 is 14.3 Å². The lowest BCUT2D eigenvalue weighted by Gasteiger charge is -2.04. The van der Waals surface area contributed by atoms with Crippen LogP contribution in [0.5, 0.6) is 0 Å². The molecule has 0 saturated carbocycles. The van der Waals surface area contributed by atoms with Gasteiger partial charge >= 0.3 is 11.9 Å². The molecule has 0 amide bonds. The van der Waals surface area contributed by atoms with Crippen molar-refractivity contribution in [3.05, 3.63) is 34.9 Å². The van der Waals surface area contributed by atoms with Crippen LogP contribution < -0.4 is 0 Å². The summed E-state index contributed by atoms with van der Waals surface area (Å²) >= 11 is 6.56. The molecule has 0 fully saturated rings. The minimum absolute atomic E-state index is 0.164. The van der Waals surface area contributed by atoms with E-state index in [9.17, 15) is 9.59 Å². The molecule has 0 saturated heterocycles. The summed E-state index contributed by atoms with van der Waals surface area (Å²) in [6.07, 6.45) is 0. The van der Waals surface area contributed by atoms with Gasteiger partial charge in [-0.05, 0) is 11.6 Å². The minimum atomic E-state index is -0.579. The van der Waals surface area contributed by atoms with E-state index in [1.165, 1.54) is 0 Å². The molecule has 1 aliphatic heterocycles. The van der Waals surface area contributed by atoms with Crippen LogP contribution in [0.3, 0.4) is 0 Å². The topological polar surface area (TPSA) is 43.4 Å². The number of alkyl halides is 2. The number of esters is 2. The van der Waals surface area contributed by atoms with Crippen LogP contribution in [0, 0.1) is 0 Å². The van der Waals surface area contributed by atoms with E-state index >= 15 is 0 Å². The third kappa shape index (κ3) is 1.40. The molecule has 0 aromatic heterocycles. The first-order valence-corrected chi connectivity index (χ1v) is 5.62. The van der Waals surface area contributed by atoms with Gasteiger partial charge < -0.3 is 4.74 Å². The number of carbonyl (C=O) groups is 2. The van der Waals surface area contributed by atoms with E-state index < -0.39 is 11.9 Å². The highest BCUT2D eigenvalue weighted by Gasteiger charge is 2.32. The SMILES string of the molecule is O=C1OC(=O)c2c1cccc2C(Br)Br. The number of benzene rings is 1. The quantitative estimate of drug-likeness (QED) is 0.454. The van der Waals surface area contributed by atoms with Crippen molar-refractivity contribution in [1.29, 1.82) is 0 Å². The number of hydrogen-bond acceptors (Lipinski definition) is 3. The molecular formula is C9H4Br2O3. The Morgan fingerprint density at radius 1 is 1.14 bits per heavy atom. The van der Waals surface area contributed by atoms with Crippen molar-refractivity contribution in [3.8, 4) is 0 Å². The summed E-state index contributed by atoms with van der Waals surface area (Å²) < 4.78 is 4.34. The molecule has 1 heterocycles. The van der Waals surface area contributed by atoms with Crippen LogP contribution in [-0.2, 0) is 4.74 Å². The molecule has 1 aliphatic rings. The van der Waals surface area contributed by atoms with Crippen LogP contribution in [0.25, 0.3) is 0 Å². The molecule has 0 aliphatic carbocycles. The fourth-order valence-corrected chi connectivity index (χ4v) is 2.10. The first-order valence-electron chi connectivity index (χ1n) is 3.79. The van der Waals surface area contributed by atoms with Gasteiger partial charge in [-0.1, -0.05) is 44.0 Å². The van der Waals surface area contributed by atoms with Gasteiger partial charge in [-0.3, -0.25) is 0 Å². The highest BCUT2D eigenvalue weighted by Crippen LogP contribution is 2.35. The molecule has 1 aromatic rings. The van der Waals surface area contributed by atoms with Gasteiger partial charge in [0, 0.05) is 0 Å². The molecule has 2 rings (SSSR count). The van der Waals surface area contributed by atoms with E-state index in [4.69, 9.17) is 0 Å². The van der Waals surface area contributed by atoms with Crippen molar-refractivity contribution in [2.24, 2.45) is 0 Å². The fourth-order valence-electron chi connectivity index (χ4n) is 1.34. The second-order valence-electron chi connectivity index (χ2n) is 2.75. The number of rotatable bonds is 1. The third-order valence-electron chi connectivity index (χ3n) is 1.94. The third-order valence-corrected chi connectivity index (χ3v) is 2.93. The second-order valence-corrected chi connectivity index (χ2v) is 5.81. The predicted octanol–water partition coefficient (Wildman–Crippen LogP) is 2.79.